The topological polar surface area (TPSA) is 78.4 Å². The summed E-state index contributed by atoms with van der Waals surface area (Å²) in [5.41, 5.74) is -0.481. The number of anilines is 1. The van der Waals surface area contributed by atoms with Crippen LogP contribution < -0.4 is 5.32 Å². The van der Waals surface area contributed by atoms with Crippen molar-refractivity contribution >= 4 is 11.9 Å². The van der Waals surface area contributed by atoms with E-state index >= 15 is 0 Å². The number of carbonyl (C=O) groups is 1. The monoisotopic (exact) mass is 304 g/mol. The van der Waals surface area contributed by atoms with Crippen LogP contribution in [0.25, 0.3) is 0 Å². The maximum Gasteiger partial charge on any atom is 0.433 e. The highest BCUT2D eigenvalue weighted by Gasteiger charge is 2.38. The summed E-state index contributed by atoms with van der Waals surface area (Å²) in [4.78, 5) is 19.8. The highest BCUT2D eigenvalue weighted by molar-refractivity contribution is 5.67. The van der Waals surface area contributed by atoms with Crippen LogP contribution in [0.4, 0.5) is 19.1 Å². The molecule has 6 nitrogen and oxygen atoms in total. The zero-order chi connectivity index (χ0) is 15.6. The van der Waals surface area contributed by atoms with Crippen LogP contribution in [0.5, 0.6) is 0 Å². The minimum Gasteiger partial charge on any atom is -0.481 e. The Hall–Kier alpha value is -1.90. The molecule has 0 saturated carbocycles. The first kappa shape index (κ1) is 15.5. The Morgan fingerprint density at radius 1 is 1.43 bits per heavy atom. The van der Waals surface area contributed by atoms with Crippen LogP contribution in [-0.4, -0.2) is 46.1 Å². The van der Waals surface area contributed by atoms with Gasteiger partial charge in [0.15, 0.2) is 5.69 Å². The van der Waals surface area contributed by atoms with Gasteiger partial charge in [0.25, 0.3) is 0 Å². The summed E-state index contributed by atoms with van der Waals surface area (Å²) in [6, 6.07) is 0. The number of hydrogen-bond donors (Lipinski definition) is 2. The lowest BCUT2D eigenvalue weighted by molar-refractivity contribution is -0.142. The number of hydrogen-bond acceptors (Lipinski definition) is 5. The number of carboxylic acid groups (broad SMARTS) is 1. The number of aliphatic carboxylic acids is 1. The van der Waals surface area contributed by atoms with E-state index in [0.717, 1.165) is 0 Å². The zero-order valence-corrected chi connectivity index (χ0v) is 11.4. The fourth-order valence-electron chi connectivity index (χ4n) is 2.14. The molecule has 0 unspecified atom stereocenters. The zero-order valence-electron chi connectivity index (χ0n) is 11.4. The van der Waals surface area contributed by atoms with Gasteiger partial charge in [-0.2, -0.15) is 13.2 Å². The van der Waals surface area contributed by atoms with Crippen molar-refractivity contribution in [1.82, 2.24) is 14.9 Å². The number of likely N-dealkylation sites (N-methyl/N-ethyl adjacent to an activating group) is 1. The van der Waals surface area contributed by atoms with Crippen molar-refractivity contribution in [2.45, 2.75) is 25.6 Å². The fourth-order valence-corrected chi connectivity index (χ4v) is 2.14. The minimum absolute atomic E-state index is 0.0225. The molecule has 1 aliphatic heterocycles. The molecule has 9 heteroatoms. The highest BCUT2D eigenvalue weighted by Crippen LogP contribution is 2.34. The number of aromatic nitrogens is 2. The van der Waals surface area contributed by atoms with Crippen LogP contribution in [0.1, 0.15) is 23.4 Å². The number of alkyl halides is 3. The number of nitrogens with one attached hydrogen (secondary N) is 1. The van der Waals surface area contributed by atoms with E-state index in [2.05, 4.69) is 15.3 Å². The van der Waals surface area contributed by atoms with Crippen LogP contribution >= 0.6 is 0 Å². The lowest BCUT2D eigenvalue weighted by Crippen LogP contribution is -2.31. The maximum absolute atomic E-state index is 13.1. The van der Waals surface area contributed by atoms with Crippen molar-refractivity contribution < 1.29 is 23.1 Å². The van der Waals surface area contributed by atoms with Gasteiger partial charge >= 0.3 is 12.1 Å². The van der Waals surface area contributed by atoms with Crippen molar-refractivity contribution in [2.75, 3.05) is 25.5 Å². The lowest BCUT2D eigenvalue weighted by Gasteiger charge is -2.26. The molecule has 0 spiro atoms. The molecule has 116 valence electrons. The molecule has 0 aliphatic carbocycles. The Labute approximate surface area is 119 Å². The first-order valence-corrected chi connectivity index (χ1v) is 6.38. The van der Waals surface area contributed by atoms with Gasteiger partial charge in [-0.15, -0.1) is 0 Å². The number of halogens is 3. The molecular weight excluding hydrogens is 289 g/mol. The van der Waals surface area contributed by atoms with Gasteiger partial charge in [-0.05, 0) is 7.05 Å². The number of carboxylic acids is 1. The molecule has 1 aliphatic rings. The van der Waals surface area contributed by atoms with Crippen molar-refractivity contribution in [3.8, 4) is 0 Å². The molecule has 0 fully saturated rings. The first-order valence-electron chi connectivity index (χ1n) is 6.38. The third-order valence-corrected chi connectivity index (χ3v) is 3.14. The minimum atomic E-state index is -4.56. The largest absolute Gasteiger partial charge is 0.481 e. The molecule has 1 aromatic heterocycles. The molecule has 0 radical (unpaired) electrons. The molecular formula is C12H15F3N4O2. The van der Waals surface area contributed by atoms with E-state index < -0.39 is 17.8 Å². The Kier molecular flexibility index (Phi) is 4.31. The Morgan fingerprint density at radius 2 is 2.14 bits per heavy atom. The molecule has 0 amide bonds. The van der Waals surface area contributed by atoms with E-state index in [4.69, 9.17) is 5.11 Å². The smallest absolute Gasteiger partial charge is 0.433 e. The van der Waals surface area contributed by atoms with Gasteiger partial charge in [-0.1, -0.05) is 0 Å². The van der Waals surface area contributed by atoms with Crippen LogP contribution in [0.15, 0.2) is 0 Å². The summed E-state index contributed by atoms with van der Waals surface area (Å²) >= 11 is 0. The van der Waals surface area contributed by atoms with Crippen LogP contribution in [-0.2, 0) is 23.9 Å². The highest BCUT2D eigenvalue weighted by atomic mass is 19.4. The molecule has 0 saturated heterocycles. The number of rotatable bonds is 4. The Morgan fingerprint density at radius 3 is 2.76 bits per heavy atom. The SMILES string of the molecule is CN1CCc2nc(NCCC(=O)O)nc(C(F)(F)F)c2C1. The van der Waals surface area contributed by atoms with Gasteiger partial charge in [0.2, 0.25) is 5.95 Å². The average molecular weight is 304 g/mol. The predicted octanol–water partition coefficient (Wildman–Crippen LogP) is 1.37. The molecule has 2 rings (SSSR count). The summed E-state index contributed by atoms with van der Waals surface area (Å²) in [7, 11) is 1.74. The van der Waals surface area contributed by atoms with Crippen LogP contribution in [0, 0.1) is 0 Å². The number of nitrogens with zero attached hydrogens (tertiary/aromatic N) is 3. The maximum atomic E-state index is 13.1. The molecule has 21 heavy (non-hydrogen) atoms. The molecule has 0 atom stereocenters. The third-order valence-electron chi connectivity index (χ3n) is 3.14. The van der Waals surface area contributed by atoms with Gasteiger partial charge < -0.3 is 15.3 Å². The normalized spacial score (nSPS) is 15.6. The predicted molar refractivity (Wildman–Crippen MR) is 67.8 cm³/mol. The molecule has 2 heterocycles. The van der Waals surface area contributed by atoms with E-state index in [0.29, 0.717) is 18.7 Å². The van der Waals surface area contributed by atoms with Gasteiger partial charge in [-0.3, -0.25) is 4.79 Å². The molecule has 2 N–H and O–H groups in total. The first-order chi connectivity index (χ1) is 9.77. The second kappa shape index (κ2) is 5.84. The molecule has 1 aromatic rings. The van der Waals surface area contributed by atoms with Gasteiger partial charge in [0.05, 0.1) is 12.1 Å². The summed E-state index contributed by atoms with van der Waals surface area (Å²) in [5.74, 6) is -1.22. The van der Waals surface area contributed by atoms with E-state index in [1.54, 1.807) is 11.9 Å². The van der Waals surface area contributed by atoms with E-state index in [-0.39, 0.29) is 31.0 Å². The van der Waals surface area contributed by atoms with Crippen LogP contribution in [0.2, 0.25) is 0 Å². The third kappa shape index (κ3) is 3.81. The molecule has 0 bridgehead atoms. The van der Waals surface area contributed by atoms with E-state index in [9.17, 15) is 18.0 Å². The van der Waals surface area contributed by atoms with Crippen molar-refractivity contribution in [3.05, 3.63) is 17.0 Å². The Balaban J connectivity index is 2.30. The summed E-state index contributed by atoms with van der Waals surface area (Å²) in [5, 5.41) is 11.1. The lowest BCUT2D eigenvalue weighted by atomic mass is 10.0. The quantitative estimate of drug-likeness (QED) is 0.875. The van der Waals surface area contributed by atoms with E-state index in [1.165, 1.54) is 0 Å². The standard InChI is InChI=1S/C12H15F3N4O2/c1-19-5-3-8-7(6-19)10(12(13,14)15)18-11(17-8)16-4-2-9(20)21/h2-6H2,1H3,(H,20,21)(H,16,17,18). The van der Waals surface area contributed by atoms with Crippen molar-refractivity contribution in [3.63, 3.8) is 0 Å². The van der Waals surface area contributed by atoms with Crippen molar-refractivity contribution in [2.24, 2.45) is 0 Å². The summed E-state index contributed by atoms with van der Waals surface area (Å²) < 4.78 is 39.3. The second-order valence-electron chi connectivity index (χ2n) is 4.88. The average Bonchev–Trinajstić information content (AvgIpc) is 2.36. The van der Waals surface area contributed by atoms with Crippen LogP contribution in [0.3, 0.4) is 0 Å². The van der Waals surface area contributed by atoms with Gasteiger partial charge in [-0.25, -0.2) is 9.97 Å². The fraction of sp³-hybridized carbons (Fsp3) is 0.583. The number of fused-ring (bicyclic) bond motifs is 1. The summed E-state index contributed by atoms with van der Waals surface area (Å²) in [6.45, 7) is 0.751. The Bertz CT molecular complexity index is 548. The van der Waals surface area contributed by atoms with Crippen molar-refractivity contribution in [1.29, 1.82) is 0 Å². The second-order valence-corrected chi connectivity index (χ2v) is 4.88. The summed E-state index contributed by atoms with van der Waals surface area (Å²) in [6.07, 6.45) is -4.37. The van der Waals surface area contributed by atoms with Gasteiger partial charge in [0.1, 0.15) is 0 Å². The van der Waals surface area contributed by atoms with E-state index in [1.807, 2.05) is 0 Å². The molecule has 0 aromatic carbocycles. The van der Waals surface area contributed by atoms with Gasteiger partial charge in [0, 0.05) is 31.6 Å².